The quantitative estimate of drug-likeness (QED) is 0.544. The van der Waals surface area contributed by atoms with Crippen LogP contribution in [0.15, 0.2) is 6.07 Å². The molecule has 2 heteroatoms. The Bertz CT molecular complexity index is 400. The third-order valence-corrected chi connectivity index (χ3v) is 2.65. The third-order valence-electron chi connectivity index (χ3n) is 2.36. The summed E-state index contributed by atoms with van der Waals surface area (Å²) in [5.41, 5.74) is 2.93. The number of aromatic nitrogens is 1. The molecule has 0 amide bonds. The Hall–Kier alpha value is -1.00. The van der Waals surface area contributed by atoms with E-state index in [1.54, 1.807) is 0 Å². The maximum absolute atomic E-state index is 6.00. The Morgan fingerprint density at radius 2 is 1.87 bits per heavy atom. The Morgan fingerprint density at radius 1 is 1.27 bits per heavy atom. The zero-order valence-corrected chi connectivity index (χ0v) is 10.4. The van der Waals surface area contributed by atoms with Crippen molar-refractivity contribution in [2.45, 2.75) is 39.5 Å². The molecule has 0 aromatic carbocycles. The fourth-order valence-electron chi connectivity index (χ4n) is 1.55. The van der Waals surface area contributed by atoms with Gasteiger partial charge in [-0.05, 0) is 23.5 Å². The molecule has 1 aromatic rings. The van der Waals surface area contributed by atoms with Crippen LogP contribution in [0.4, 0.5) is 0 Å². The second-order valence-electron chi connectivity index (χ2n) is 4.25. The van der Waals surface area contributed by atoms with Gasteiger partial charge in [-0.25, -0.2) is 4.98 Å². The van der Waals surface area contributed by atoms with Crippen LogP contribution in [0.1, 0.15) is 56.4 Å². The van der Waals surface area contributed by atoms with E-state index in [1.807, 2.05) is 6.07 Å². The first-order chi connectivity index (χ1) is 6.97. The van der Waals surface area contributed by atoms with E-state index in [9.17, 15) is 0 Å². The molecule has 0 aliphatic carbocycles. The predicted molar refractivity (Wildman–Crippen MR) is 65.4 cm³/mol. The summed E-state index contributed by atoms with van der Waals surface area (Å²) in [5.74, 6) is 3.35. The number of nitrogens with zero attached hydrogens (tertiary/aromatic N) is 1. The van der Waals surface area contributed by atoms with Crippen LogP contribution >= 0.6 is 11.6 Å². The van der Waals surface area contributed by atoms with Crippen molar-refractivity contribution < 1.29 is 0 Å². The molecular weight excluding hydrogens is 206 g/mol. The zero-order chi connectivity index (χ0) is 11.6. The average molecular weight is 222 g/mol. The van der Waals surface area contributed by atoms with Crippen LogP contribution in [-0.4, -0.2) is 4.98 Å². The molecule has 0 atom stereocenters. The molecule has 0 aliphatic heterocycles. The molecule has 0 unspecified atom stereocenters. The van der Waals surface area contributed by atoms with E-state index in [4.69, 9.17) is 18.0 Å². The minimum atomic E-state index is 0.367. The molecule has 80 valence electrons. The first-order valence-corrected chi connectivity index (χ1v) is 5.52. The van der Waals surface area contributed by atoms with Crippen LogP contribution in [-0.2, 0) is 0 Å². The monoisotopic (exact) mass is 221 g/mol. The van der Waals surface area contributed by atoms with E-state index in [1.165, 1.54) is 5.56 Å². The Labute approximate surface area is 96.9 Å². The summed E-state index contributed by atoms with van der Waals surface area (Å²) < 4.78 is 0. The second-order valence-corrected chi connectivity index (χ2v) is 4.61. The SMILES string of the molecule is C#Cc1cc(C(C)C)c(C(C)C)nc1Cl. The molecule has 0 bridgehead atoms. The van der Waals surface area contributed by atoms with Crippen molar-refractivity contribution in [2.24, 2.45) is 0 Å². The van der Waals surface area contributed by atoms with Crippen LogP contribution in [0, 0.1) is 12.3 Å². The van der Waals surface area contributed by atoms with E-state index in [0.29, 0.717) is 22.6 Å². The molecule has 0 saturated carbocycles. The third kappa shape index (κ3) is 2.52. The van der Waals surface area contributed by atoms with Gasteiger partial charge in [0.1, 0.15) is 5.15 Å². The van der Waals surface area contributed by atoms with Gasteiger partial charge in [-0.3, -0.25) is 0 Å². The molecular formula is C13H16ClN. The topological polar surface area (TPSA) is 12.9 Å². The maximum atomic E-state index is 6.00. The highest BCUT2D eigenvalue weighted by atomic mass is 35.5. The lowest BCUT2D eigenvalue weighted by molar-refractivity contribution is 0.757. The van der Waals surface area contributed by atoms with Gasteiger partial charge in [-0.15, -0.1) is 6.42 Å². The van der Waals surface area contributed by atoms with Gasteiger partial charge in [0.15, 0.2) is 0 Å². The van der Waals surface area contributed by atoms with Gasteiger partial charge in [0.25, 0.3) is 0 Å². The fraction of sp³-hybridized carbons (Fsp3) is 0.462. The number of halogens is 1. The largest absolute Gasteiger partial charge is 0.239 e. The number of pyridine rings is 1. The molecule has 1 rings (SSSR count). The molecule has 1 nitrogen and oxygen atoms in total. The van der Waals surface area contributed by atoms with Crippen molar-refractivity contribution in [3.05, 3.63) is 28.0 Å². The molecule has 1 aromatic heterocycles. The number of hydrogen-bond donors (Lipinski definition) is 0. The number of terminal acetylenes is 1. The zero-order valence-electron chi connectivity index (χ0n) is 9.63. The van der Waals surface area contributed by atoms with Crippen molar-refractivity contribution in [1.82, 2.24) is 4.98 Å². The van der Waals surface area contributed by atoms with Crippen LogP contribution in [0.3, 0.4) is 0 Å². The molecule has 0 spiro atoms. The van der Waals surface area contributed by atoms with E-state index in [-0.39, 0.29) is 0 Å². The summed E-state index contributed by atoms with van der Waals surface area (Å²) in [6.45, 7) is 8.49. The average Bonchev–Trinajstić information content (AvgIpc) is 2.16. The van der Waals surface area contributed by atoms with Crippen LogP contribution in [0.25, 0.3) is 0 Å². The van der Waals surface area contributed by atoms with Crippen LogP contribution in [0.5, 0.6) is 0 Å². The Morgan fingerprint density at radius 3 is 2.27 bits per heavy atom. The van der Waals surface area contributed by atoms with Crippen LogP contribution in [0.2, 0.25) is 5.15 Å². The van der Waals surface area contributed by atoms with Crippen molar-refractivity contribution >= 4 is 11.6 Å². The Balaban J connectivity index is 3.40. The highest BCUT2D eigenvalue weighted by Gasteiger charge is 2.14. The summed E-state index contributed by atoms with van der Waals surface area (Å²) in [6.07, 6.45) is 5.37. The lowest BCUT2D eigenvalue weighted by atomic mass is 9.94. The van der Waals surface area contributed by atoms with Crippen molar-refractivity contribution in [3.63, 3.8) is 0 Å². The summed E-state index contributed by atoms with van der Waals surface area (Å²) in [7, 11) is 0. The lowest BCUT2D eigenvalue weighted by Crippen LogP contribution is -2.03. The minimum Gasteiger partial charge on any atom is -0.239 e. The standard InChI is InChI=1S/C13H16ClN/c1-6-10-7-11(8(2)3)12(9(4)5)15-13(10)14/h1,7-9H,2-5H3. The van der Waals surface area contributed by atoms with E-state index >= 15 is 0 Å². The van der Waals surface area contributed by atoms with E-state index in [0.717, 1.165) is 5.69 Å². The Kier molecular flexibility index (Phi) is 3.77. The van der Waals surface area contributed by atoms with E-state index in [2.05, 4.69) is 38.6 Å². The van der Waals surface area contributed by atoms with Gasteiger partial charge >= 0.3 is 0 Å². The first kappa shape index (κ1) is 12.1. The summed E-state index contributed by atoms with van der Waals surface area (Å²) in [6, 6.07) is 1.98. The maximum Gasteiger partial charge on any atom is 0.144 e. The van der Waals surface area contributed by atoms with Crippen molar-refractivity contribution in [2.75, 3.05) is 0 Å². The minimum absolute atomic E-state index is 0.367. The number of hydrogen-bond acceptors (Lipinski definition) is 1. The molecule has 15 heavy (non-hydrogen) atoms. The summed E-state index contributed by atoms with van der Waals surface area (Å²) >= 11 is 6.00. The molecule has 0 saturated heterocycles. The fourth-order valence-corrected chi connectivity index (χ4v) is 1.75. The van der Waals surface area contributed by atoms with Gasteiger partial charge in [-0.1, -0.05) is 45.2 Å². The first-order valence-electron chi connectivity index (χ1n) is 5.14. The highest BCUT2D eigenvalue weighted by Crippen LogP contribution is 2.28. The van der Waals surface area contributed by atoms with E-state index < -0.39 is 0 Å². The van der Waals surface area contributed by atoms with Gasteiger partial charge in [0, 0.05) is 5.69 Å². The lowest BCUT2D eigenvalue weighted by Gasteiger charge is -2.15. The highest BCUT2D eigenvalue weighted by molar-refractivity contribution is 6.30. The second kappa shape index (κ2) is 4.68. The van der Waals surface area contributed by atoms with Gasteiger partial charge in [0.05, 0.1) is 5.56 Å². The van der Waals surface area contributed by atoms with Gasteiger partial charge in [0.2, 0.25) is 0 Å². The molecule has 0 radical (unpaired) electrons. The predicted octanol–water partition coefficient (Wildman–Crippen LogP) is 3.96. The number of rotatable bonds is 2. The van der Waals surface area contributed by atoms with Crippen molar-refractivity contribution in [3.8, 4) is 12.3 Å². The summed E-state index contributed by atoms with van der Waals surface area (Å²) in [4.78, 5) is 4.39. The summed E-state index contributed by atoms with van der Waals surface area (Å²) in [5, 5.41) is 0.436. The molecule has 0 fully saturated rings. The molecule has 0 N–H and O–H groups in total. The smallest absolute Gasteiger partial charge is 0.144 e. The van der Waals surface area contributed by atoms with Gasteiger partial charge < -0.3 is 0 Å². The van der Waals surface area contributed by atoms with Crippen molar-refractivity contribution in [1.29, 1.82) is 0 Å². The molecule has 0 aliphatic rings. The normalized spacial score (nSPS) is 10.8. The molecule has 1 heterocycles. The van der Waals surface area contributed by atoms with Crippen LogP contribution < -0.4 is 0 Å². The van der Waals surface area contributed by atoms with Gasteiger partial charge in [-0.2, -0.15) is 0 Å².